The molecule has 0 saturated carbocycles. The highest BCUT2D eigenvalue weighted by atomic mass is 15.1. The molecule has 0 atom stereocenters. The summed E-state index contributed by atoms with van der Waals surface area (Å²) in [5.74, 6) is 0. The SMILES string of the molecule is CN1CCc2cc(Nc3ccccc3)ccc21. The summed E-state index contributed by atoms with van der Waals surface area (Å²) in [7, 11) is 2.15. The van der Waals surface area contributed by atoms with Crippen molar-refractivity contribution in [2.24, 2.45) is 0 Å². The average Bonchev–Trinajstić information content (AvgIpc) is 2.72. The molecule has 0 aromatic heterocycles. The van der Waals surface area contributed by atoms with E-state index in [0.717, 1.165) is 18.7 Å². The predicted molar refractivity (Wildman–Crippen MR) is 73.1 cm³/mol. The summed E-state index contributed by atoms with van der Waals surface area (Å²) in [6.07, 6.45) is 1.15. The molecule has 1 aliphatic rings. The molecule has 1 aliphatic heterocycles. The van der Waals surface area contributed by atoms with Gasteiger partial charge in [-0.25, -0.2) is 0 Å². The molecule has 3 rings (SSSR count). The van der Waals surface area contributed by atoms with Gasteiger partial charge in [-0.1, -0.05) is 18.2 Å². The normalized spacial score (nSPS) is 13.6. The molecule has 17 heavy (non-hydrogen) atoms. The highest BCUT2D eigenvalue weighted by Gasteiger charge is 2.15. The Hall–Kier alpha value is -1.96. The van der Waals surface area contributed by atoms with E-state index in [2.05, 4.69) is 47.6 Å². The summed E-state index contributed by atoms with van der Waals surface area (Å²) >= 11 is 0. The van der Waals surface area contributed by atoms with E-state index in [1.54, 1.807) is 0 Å². The van der Waals surface area contributed by atoms with Crippen molar-refractivity contribution in [3.8, 4) is 0 Å². The number of para-hydroxylation sites is 1. The van der Waals surface area contributed by atoms with E-state index >= 15 is 0 Å². The molecule has 0 spiro atoms. The summed E-state index contributed by atoms with van der Waals surface area (Å²) in [4.78, 5) is 2.31. The van der Waals surface area contributed by atoms with Crippen molar-refractivity contribution in [1.82, 2.24) is 0 Å². The summed E-state index contributed by atoms with van der Waals surface area (Å²) < 4.78 is 0. The lowest BCUT2D eigenvalue weighted by Gasteiger charge is -2.13. The van der Waals surface area contributed by atoms with Crippen LogP contribution in [0.15, 0.2) is 48.5 Å². The van der Waals surface area contributed by atoms with Gasteiger partial charge in [0.15, 0.2) is 0 Å². The lowest BCUT2D eigenvalue weighted by atomic mass is 10.1. The minimum absolute atomic E-state index is 1.13. The largest absolute Gasteiger partial charge is 0.374 e. The van der Waals surface area contributed by atoms with E-state index in [1.807, 2.05) is 18.2 Å². The molecule has 0 radical (unpaired) electrons. The Morgan fingerprint density at radius 3 is 2.65 bits per heavy atom. The Balaban J connectivity index is 1.86. The van der Waals surface area contributed by atoms with E-state index in [4.69, 9.17) is 0 Å². The van der Waals surface area contributed by atoms with Gasteiger partial charge in [0, 0.05) is 30.7 Å². The monoisotopic (exact) mass is 224 g/mol. The first-order valence-electron chi connectivity index (χ1n) is 5.99. The fraction of sp³-hybridized carbons (Fsp3) is 0.200. The molecular formula is C15H16N2. The van der Waals surface area contributed by atoms with Crippen molar-refractivity contribution < 1.29 is 0 Å². The van der Waals surface area contributed by atoms with Crippen LogP contribution in [0.3, 0.4) is 0 Å². The molecular weight excluding hydrogens is 208 g/mol. The lowest BCUT2D eigenvalue weighted by Crippen LogP contribution is -2.12. The van der Waals surface area contributed by atoms with Crippen molar-refractivity contribution in [1.29, 1.82) is 0 Å². The fourth-order valence-electron chi connectivity index (χ4n) is 2.33. The van der Waals surface area contributed by atoms with Crippen LogP contribution in [0.25, 0.3) is 0 Å². The Labute approximate surface area is 102 Å². The zero-order valence-electron chi connectivity index (χ0n) is 9.98. The molecule has 2 aromatic carbocycles. The second-order valence-corrected chi connectivity index (χ2v) is 4.51. The third-order valence-corrected chi connectivity index (χ3v) is 3.27. The number of fused-ring (bicyclic) bond motifs is 1. The molecule has 0 saturated heterocycles. The number of hydrogen-bond donors (Lipinski definition) is 1. The first-order chi connectivity index (χ1) is 8.33. The van der Waals surface area contributed by atoms with Gasteiger partial charge >= 0.3 is 0 Å². The molecule has 0 fully saturated rings. The van der Waals surface area contributed by atoms with Gasteiger partial charge in [0.1, 0.15) is 0 Å². The number of benzene rings is 2. The van der Waals surface area contributed by atoms with Gasteiger partial charge in [-0.3, -0.25) is 0 Å². The van der Waals surface area contributed by atoms with Gasteiger partial charge in [0.05, 0.1) is 0 Å². The minimum Gasteiger partial charge on any atom is -0.374 e. The lowest BCUT2D eigenvalue weighted by molar-refractivity contribution is 0.956. The van der Waals surface area contributed by atoms with Crippen LogP contribution in [-0.2, 0) is 6.42 Å². The van der Waals surface area contributed by atoms with Gasteiger partial charge in [-0.2, -0.15) is 0 Å². The van der Waals surface area contributed by atoms with Crippen LogP contribution in [0.1, 0.15) is 5.56 Å². The number of rotatable bonds is 2. The van der Waals surface area contributed by atoms with Crippen molar-refractivity contribution >= 4 is 17.1 Å². The highest BCUT2D eigenvalue weighted by Crippen LogP contribution is 2.30. The third kappa shape index (κ3) is 1.98. The van der Waals surface area contributed by atoms with Crippen molar-refractivity contribution in [3.05, 3.63) is 54.1 Å². The molecule has 0 bridgehead atoms. The van der Waals surface area contributed by atoms with Crippen LogP contribution in [0.5, 0.6) is 0 Å². The maximum Gasteiger partial charge on any atom is 0.0398 e. The molecule has 2 aromatic rings. The Morgan fingerprint density at radius 2 is 1.82 bits per heavy atom. The summed E-state index contributed by atoms with van der Waals surface area (Å²) in [6, 6.07) is 16.9. The van der Waals surface area contributed by atoms with Gasteiger partial charge in [0.2, 0.25) is 0 Å². The van der Waals surface area contributed by atoms with Crippen LogP contribution >= 0.6 is 0 Å². The fourth-order valence-corrected chi connectivity index (χ4v) is 2.33. The molecule has 0 amide bonds. The standard InChI is InChI=1S/C15H16N2/c1-17-10-9-12-11-14(7-8-15(12)17)16-13-5-3-2-4-6-13/h2-8,11,16H,9-10H2,1H3. The Kier molecular flexibility index (Phi) is 2.48. The zero-order chi connectivity index (χ0) is 11.7. The first kappa shape index (κ1) is 10.2. The number of nitrogens with zero attached hydrogens (tertiary/aromatic N) is 1. The van der Waals surface area contributed by atoms with E-state index in [1.165, 1.54) is 16.9 Å². The quantitative estimate of drug-likeness (QED) is 0.840. The number of likely N-dealkylation sites (N-methyl/N-ethyl adjacent to an activating group) is 1. The molecule has 0 unspecified atom stereocenters. The zero-order valence-corrected chi connectivity index (χ0v) is 9.98. The van der Waals surface area contributed by atoms with E-state index in [-0.39, 0.29) is 0 Å². The van der Waals surface area contributed by atoms with Crippen LogP contribution in [0.4, 0.5) is 17.1 Å². The van der Waals surface area contributed by atoms with E-state index in [0.29, 0.717) is 0 Å². The second-order valence-electron chi connectivity index (χ2n) is 4.51. The Bertz CT molecular complexity index is 520. The average molecular weight is 224 g/mol. The van der Waals surface area contributed by atoms with Crippen LogP contribution in [0.2, 0.25) is 0 Å². The molecule has 2 nitrogen and oxygen atoms in total. The second kappa shape index (κ2) is 4.13. The van der Waals surface area contributed by atoms with Gasteiger partial charge in [0.25, 0.3) is 0 Å². The van der Waals surface area contributed by atoms with Crippen molar-refractivity contribution in [2.45, 2.75) is 6.42 Å². The first-order valence-corrected chi connectivity index (χ1v) is 5.99. The third-order valence-electron chi connectivity index (χ3n) is 3.27. The summed E-state index contributed by atoms with van der Waals surface area (Å²) in [5.41, 5.74) is 5.11. The van der Waals surface area contributed by atoms with Gasteiger partial charge in [-0.05, 0) is 42.3 Å². The van der Waals surface area contributed by atoms with Crippen LogP contribution in [-0.4, -0.2) is 13.6 Å². The topological polar surface area (TPSA) is 15.3 Å². The van der Waals surface area contributed by atoms with Crippen LogP contribution in [0, 0.1) is 0 Å². The van der Waals surface area contributed by atoms with E-state index in [9.17, 15) is 0 Å². The van der Waals surface area contributed by atoms with Crippen molar-refractivity contribution in [2.75, 3.05) is 23.8 Å². The minimum atomic E-state index is 1.13. The smallest absolute Gasteiger partial charge is 0.0398 e. The number of nitrogens with one attached hydrogen (secondary N) is 1. The van der Waals surface area contributed by atoms with Gasteiger partial charge in [-0.15, -0.1) is 0 Å². The summed E-state index contributed by atoms with van der Waals surface area (Å²) in [6.45, 7) is 1.13. The summed E-state index contributed by atoms with van der Waals surface area (Å²) in [5, 5.41) is 3.43. The predicted octanol–water partition coefficient (Wildman–Crippen LogP) is 3.42. The molecule has 2 heteroatoms. The molecule has 86 valence electrons. The Morgan fingerprint density at radius 1 is 1.00 bits per heavy atom. The molecule has 1 N–H and O–H groups in total. The van der Waals surface area contributed by atoms with E-state index < -0.39 is 0 Å². The maximum absolute atomic E-state index is 3.43. The van der Waals surface area contributed by atoms with Crippen molar-refractivity contribution in [3.63, 3.8) is 0 Å². The molecule has 0 aliphatic carbocycles. The number of hydrogen-bond acceptors (Lipinski definition) is 2. The maximum atomic E-state index is 3.43. The van der Waals surface area contributed by atoms with Crippen LogP contribution < -0.4 is 10.2 Å². The van der Waals surface area contributed by atoms with Gasteiger partial charge < -0.3 is 10.2 Å². The molecule has 1 heterocycles. The number of anilines is 3. The highest BCUT2D eigenvalue weighted by molar-refractivity contribution is 5.67.